The molecule has 486 valence electrons. The number of hydrogen-bond donors (Lipinski definition) is 0. The predicted molar refractivity (Wildman–Crippen MR) is 424 cm³/mol. The fourth-order valence-electron chi connectivity index (χ4n) is 15.8. The lowest BCUT2D eigenvalue weighted by Crippen LogP contribution is -2.15. The third kappa shape index (κ3) is 10.7. The molecule has 17 aromatic rings. The molecule has 0 amide bonds. The third-order valence-corrected chi connectivity index (χ3v) is 22.5. The van der Waals surface area contributed by atoms with Crippen LogP contribution in [0.5, 0.6) is 0 Å². The van der Waals surface area contributed by atoms with Crippen LogP contribution in [0.2, 0.25) is 0 Å². The Morgan fingerprint density at radius 3 is 1.04 bits per heavy atom. The minimum Gasteiger partial charge on any atom is -0.208 e. The second kappa shape index (κ2) is 24.6. The number of thiophene rings is 1. The van der Waals surface area contributed by atoms with Crippen LogP contribution in [0.1, 0.15) is 49.9 Å². The monoisotopic (exact) mass is 1330 g/mol. The van der Waals surface area contributed by atoms with Crippen LogP contribution in [0.25, 0.3) is 155 Å². The van der Waals surface area contributed by atoms with Gasteiger partial charge in [-0.05, 0) is 152 Å². The van der Waals surface area contributed by atoms with Gasteiger partial charge in [0.15, 0.2) is 34.9 Å². The van der Waals surface area contributed by atoms with Crippen molar-refractivity contribution in [2.75, 3.05) is 0 Å². The first-order chi connectivity index (χ1) is 50.5. The van der Waals surface area contributed by atoms with Crippen LogP contribution in [-0.2, 0) is 10.8 Å². The highest BCUT2D eigenvalue weighted by atomic mass is 32.1. The van der Waals surface area contributed by atoms with Crippen LogP contribution in [0.15, 0.2) is 328 Å². The third-order valence-electron chi connectivity index (χ3n) is 21.3. The molecule has 3 heterocycles. The first kappa shape index (κ1) is 61.4. The first-order valence-electron chi connectivity index (χ1n) is 35.2. The second-order valence-corrected chi connectivity index (χ2v) is 29.2. The van der Waals surface area contributed by atoms with Crippen LogP contribution in [0.4, 0.5) is 0 Å². The van der Waals surface area contributed by atoms with Crippen LogP contribution in [-0.4, -0.2) is 29.9 Å². The van der Waals surface area contributed by atoms with E-state index in [-0.39, 0.29) is 10.8 Å². The quantitative estimate of drug-likeness (QED) is 0.136. The second-order valence-electron chi connectivity index (χ2n) is 28.1. The molecule has 7 heteroatoms. The van der Waals surface area contributed by atoms with Gasteiger partial charge in [0.05, 0.1) is 0 Å². The van der Waals surface area contributed by atoms with E-state index in [0.29, 0.717) is 34.9 Å². The zero-order valence-electron chi connectivity index (χ0n) is 57.3. The van der Waals surface area contributed by atoms with Crippen molar-refractivity contribution in [3.8, 4) is 135 Å². The van der Waals surface area contributed by atoms with E-state index in [4.69, 9.17) is 29.9 Å². The molecule has 103 heavy (non-hydrogen) atoms. The van der Waals surface area contributed by atoms with E-state index in [1.165, 1.54) is 108 Å². The molecule has 6 nitrogen and oxygen atoms in total. The SMILES string of the molecule is CC1(C)c2ccccc2-c2ccc(-c3nc(-c4cccc(-c5ccc(-c6ccccc6)cc5)c4)nc(-c4ccc5c(c4)=c4ccccc4=5)n3)cc21.CC1(C)c2ccccc2-c2ccc(-c3nc(-c4cccc(-c5ccc(-c6ccccc6)cc5)c4)nc(-c4cccc5c4sc4ccccc45)n3)cc21. The molecule has 0 saturated carbocycles. The Kier molecular flexibility index (Phi) is 14.7. The van der Waals surface area contributed by atoms with Gasteiger partial charge < -0.3 is 0 Å². The predicted octanol–water partition coefficient (Wildman–Crippen LogP) is 24.3. The van der Waals surface area contributed by atoms with Gasteiger partial charge in [-0.25, -0.2) is 29.9 Å². The number of aromatic nitrogens is 6. The molecule has 0 fully saturated rings. The molecule has 3 aromatic heterocycles. The van der Waals surface area contributed by atoms with Crippen LogP contribution in [0, 0.1) is 20.9 Å². The Hall–Kier alpha value is -12.7. The van der Waals surface area contributed by atoms with Crippen molar-refractivity contribution in [1.29, 1.82) is 0 Å². The van der Waals surface area contributed by atoms with Crippen molar-refractivity contribution in [3.05, 3.63) is 371 Å². The average Bonchev–Trinajstić information content (AvgIpc) is 1.67. The molecule has 0 spiro atoms. The maximum Gasteiger partial charge on any atom is 0.165 e. The lowest BCUT2D eigenvalue weighted by Gasteiger charge is -2.21. The van der Waals surface area contributed by atoms with Crippen molar-refractivity contribution in [2.24, 2.45) is 0 Å². The van der Waals surface area contributed by atoms with Gasteiger partial charge in [-0.3, -0.25) is 0 Å². The lowest BCUT2D eigenvalue weighted by molar-refractivity contribution is 0.660. The standard InChI is InChI=1S/C48H33N3S.C48H33N3/c1-48(2)41-20-8-6-16-36(41)37-27-26-35(29-42(37)48)46-49-45(50-47(51-46)40-19-11-18-39-38-17-7-9-21-43(38)52-44(39)40)34-15-10-14-33(28-34)32-24-22-31(23-25-32)30-12-4-3-5-13-30;1-48(2)43-18-9-8-17-40(43)41-26-24-36(29-44(41)48)47-50-45(49-46(51-47)35-23-25-39-37-15-6-7-16-38(37)42(39)28-35)34-14-10-13-33(27-34)32-21-19-31(20-22-32)30-11-4-3-5-12-30/h3-29H,1-2H3;3-29H,1-2H3. The molecule has 0 bridgehead atoms. The van der Waals surface area contributed by atoms with Gasteiger partial charge in [0.1, 0.15) is 0 Å². The fraction of sp³-hybridized carbons (Fsp3) is 0.0625. The van der Waals surface area contributed by atoms with E-state index in [0.717, 1.165) is 55.6 Å². The molecule has 0 aliphatic heterocycles. The zero-order valence-corrected chi connectivity index (χ0v) is 58.1. The number of rotatable bonds is 10. The van der Waals surface area contributed by atoms with Crippen molar-refractivity contribution in [3.63, 3.8) is 0 Å². The van der Waals surface area contributed by atoms with Gasteiger partial charge in [-0.1, -0.05) is 313 Å². The first-order valence-corrected chi connectivity index (χ1v) is 36.0. The number of nitrogens with zero attached hydrogens (tertiary/aromatic N) is 6. The maximum absolute atomic E-state index is 5.25. The van der Waals surface area contributed by atoms with Crippen molar-refractivity contribution >= 4 is 31.5 Å². The van der Waals surface area contributed by atoms with E-state index in [9.17, 15) is 0 Å². The molecular weight excluding hydrogens is 1270 g/mol. The molecule has 3 aliphatic carbocycles. The maximum atomic E-state index is 5.25. The van der Waals surface area contributed by atoms with Gasteiger partial charge >= 0.3 is 0 Å². The van der Waals surface area contributed by atoms with Gasteiger partial charge in [0.25, 0.3) is 0 Å². The fourth-order valence-corrected chi connectivity index (χ4v) is 17.0. The molecule has 20 rings (SSSR count). The minimum atomic E-state index is -0.131. The topological polar surface area (TPSA) is 77.3 Å². The number of fused-ring (bicyclic) bond motifs is 11. The largest absolute Gasteiger partial charge is 0.208 e. The molecule has 0 radical (unpaired) electrons. The molecule has 0 N–H and O–H groups in total. The van der Waals surface area contributed by atoms with Crippen LogP contribution < -0.4 is 0 Å². The molecule has 3 aliphatic rings. The highest BCUT2D eigenvalue weighted by Gasteiger charge is 2.37. The molecule has 0 unspecified atom stereocenters. The molecule has 0 saturated heterocycles. The molecule has 0 atom stereocenters. The number of hydrogen-bond acceptors (Lipinski definition) is 7. The zero-order chi connectivity index (χ0) is 68.9. The molecule has 14 aromatic carbocycles. The van der Waals surface area contributed by atoms with E-state index in [1.54, 1.807) is 11.3 Å². The highest BCUT2D eigenvalue weighted by Crippen LogP contribution is 2.51. The summed E-state index contributed by atoms with van der Waals surface area (Å²) < 4.78 is 2.44. The van der Waals surface area contributed by atoms with E-state index >= 15 is 0 Å². The Morgan fingerprint density at radius 2 is 0.524 bits per heavy atom. The summed E-state index contributed by atoms with van der Waals surface area (Å²) >= 11 is 1.79. The smallest absolute Gasteiger partial charge is 0.165 e. The summed E-state index contributed by atoms with van der Waals surface area (Å²) in [5.41, 5.74) is 25.4. The summed E-state index contributed by atoms with van der Waals surface area (Å²) in [5, 5.41) is 7.56. The Balaban J connectivity index is 0.000000142. The van der Waals surface area contributed by atoms with Crippen LogP contribution >= 0.6 is 11.3 Å². The Morgan fingerprint density at radius 1 is 0.204 bits per heavy atom. The van der Waals surface area contributed by atoms with Crippen molar-refractivity contribution in [1.82, 2.24) is 29.9 Å². The summed E-state index contributed by atoms with van der Waals surface area (Å²) in [6, 6.07) is 117. The van der Waals surface area contributed by atoms with Gasteiger partial charge in [-0.15, -0.1) is 11.3 Å². The molecular formula is C96H66N6S. The summed E-state index contributed by atoms with van der Waals surface area (Å²) in [5.74, 6) is 4.00. The summed E-state index contributed by atoms with van der Waals surface area (Å²) in [4.78, 5) is 31.2. The highest BCUT2D eigenvalue weighted by molar-refractivity contribution is 7.26. The van der Waals surface area contributed by atoms with E-state index < -0.39 is 0 Å². The van der Waals surface area contributed by atoms with Crippen molar-refractivity contribution < 1.29 is 0 Å². The minimum absolute atomic E-state index is 0.125. The van der Waals surface area contributed by atoms with E-state index in [2.05, 4.69) is 349 Å². The van der Waals surface area contributed by atoms with Gasteiger partial charge in [-0.2, -0.15) is 0 Å². The Labute approximate surface area is 601 Å². The number of benzene rings is 14. The Bertz CT molecular complexity index is 6480. The van der Waals surface area contributed by atoms with Gasteiger partial charge in [0, 0.05) is 64.4 Å². The summed E-state index contributed by atoms with van der Waals surface area (Å²) in [7, 11) is 0. The van der Waals surface area contributed by atoms with Gasteiger partial charge in [0.2, 0.25) is 0 Å². The normalized spacial score (nSPS) is 13.0. The summed E-state index contributed by atoms with van der Waals surface area (Å²) in [6.45, 7) is 9.24. The average molecular weight is 1340 g/mol. The van der Waals surface area contributed by atoms with E-state index in [1.807, 2.05) is 6.07 Å². The van der Waals surface area contributed by atoms with Crippen LogP contribution in [0.3, 0.4) is 0 Å². The van der Waals surface area contributed by atoms with Crippen molar-refractivity contribution in [2.45, 2.75) is 38.5 Å². The lowest BCUT2D eigenvalue weighted by atomic mass is 9.82. The summed E-state index contributed by atoms with van der Waals surface area (Å²) in [6.07, 6.45) is 0.